The molecule has 1 aromatic carbocycles. The average molecular weight is 336 g/mol. The number of benzene rings is 1. The quantitative estimate of drug-likeness (QED) is 0.614. The summed E-state index contributed by atoms with van der Waals surface area (Å²) in [4.78, 5) is 14.0. The number of terminal acetylenes is 1. The second-order valence-corrected chi connectivity index (χ2v) is 6.20. The summed E-state index contributed by atoms with van der Waals surface area (Å²) < 4.78 is 5.58. The molecule has 0 unspecified atom stereocenters. The number of ether oxygens (including phenoxy) is 1. The van der Waals surface area contributed by atoms with E-state index in [2.05, 4.69) is 5.92 Å². The third-order valence-electron chi connectivity index (χ3n) is 4.21. The van der Waals surface area contributed by atoms with Gasteiger partial charge in [-0.25, -0.2) is 0 Å². The molecule has 1 aliphatic carbocycles. The first-order valence-corrected chi connectivity index (χ1v) is 8.24. The lowest BCUT2D eigenvalue weighted by atomic mass is 9.79. The SMILES string of the molecule is C#CCOc1ccc(C)cc1CN(C(=O)CCl)C1CC(CO)C1. The number of hydrogen-bond acceptors (Lipinski definition) is 3. The van der Waals surface area contributed by atoms with Gasteiger partial charge in [-0.3, -0.25) is 4.79 Å². The van der Waals surface area contributed by atoms with E-state index < -0.39 is 0 Å². The van der Waals surface area contributed by atoms with Gasteiger partial charge in [0.05, 0.1) is 0 Å². The number of aliphatic hydroxyl groups excluding tert-OH is 1. The Bertz CT molecular complexity index is 590. The Morgan fingerprint density at radius 2 is 2.26 bits per heavy atom. The molecule has 0 aromatic heterocycles. The maximum Gasteiger partial charge on any atom is 0.238 e. The summed E-state index contributed by atoms with van der Waals surface area (Å²) in [6.45, 7) is 2.79. The smallest absolute Gasteiger partial charge is 0.238 e. The molecule has 0 spiro atoms. The van der Waals surface area contributed by atoms with Gasteiger partial charge in [-0.2, -0.15) is 0 Å². The molecule has 1 N–H and O–H groups in total. The molecule has 5 heteroatoms. The number of aryl methyl sites for hydroxylation is 1. The molecule has 1 saturated carbocycles. The summed E-state index contributed by atoms with van der Waals surface area (Å²) >= 11 is 5.76. The maximum atomic E-state index is 12.2. The lowest BCUT2D eigenvalue weighted by molar-refractivity contribution is -0.135. The van der Waals surface area contributed by atoms with Gasteiger partial charge in [0, 0.05) is 24.8 Å². The molecule has 23 heavy (non-hydrogen) atoms. The minimum absolute atomic E-state index is 0.0490. The molecular weight excluding hydrogens is 314 g/mol. The molecule has 0 saturated heterocycles. The number of hydrogen-bond donors (Lipinski definition) is 1. The summed E-state index contributed by atoms with van der Waals surface area (Å²) in [6, 6.07) is 5.96. The monoisotopic (exact) mass is 335 g/mol. The van der Waals surface area contributed by atoms with E-state index >= 15 is 0 Å². The molecule has 4 nitrogen and oxygen atoms in total. The van der Waals surface area contributed by atoms with Crippen LogP contribution in [0.5, 0.6) is 5.75 Å². The van der Waals surface area contributed by atoms with Gasteiger partial charge in [0.1, 0.15) is 18.2 Å². The first-order valence-electron chi connectivity index (χ1n) is 7.71. The zero-order chi connectivity index (χ0) is 16.8. The molecule has 1 fully saturated rings. The molecule has 0 atom stereocenters. The third kappa shape index (κ3) is 4.40. The van der Waals surface area contributed by atoms with Gasteiger partial charge in [-0.15, -0.1) is 18.0 Å². The van der Waals surface area contributed by atoms with Crippen LogP contribution in [0.3, 0.4) is 0 Å². The summed E-state index contributed by atoms with van der Waals surface area (Å²) in [5.74, 6) is 3.28. The number of alkyl halides is 1. The fourth-order valence-electron chi connectivity index (χ4n) is 2.88. The number of halogens is 1. The van der Waals surface area contributed by atoms with Gasteiger partial charge in [0.15, 0.2) is 0 Å². The first-order chi connectivity index (χ1) is 11.1. The van der Waals surface area contributed by atoms with Crippen LogP contribution < -0.4 is 4.74 Å². The Kier molecular flexibility index (Phi) is 6.32. The number of aliphatic hydroxyl groups is 1. The molecule has 124 valence electrons. The Morgan fingerprint density at radius 3 is 2.87 bits per heavy atom. The van der Waals surface area contributed by atoms with Crippen molar-refractivity contribution in [3.05, 3.63) is 29.3 Å². The number of rotatable bonds is 7. The number of carbonyl (C=O) groups excluding carboxylic acids is 1. The van der Waals surface area contributed by atoms with E-state index in [4.69, 9.17) is 22.8 Å². The third-order valence-corrected chi connectivity index (χ3v) is 4.44. The van der Waals surface area contributed by atoms with Crippen LogP contribution in [0.15, 0.2) is 18.2 Å². The van der Waals surface area contributed by atoms with Crippen LogP contribution >= 0.6 is 11.6 Å². The summed E-state index contributed by atoms with van der Waals surface area (Å²) in [5, 5.41) is 9.18. The highest BCUT2D eigenvalue weighted by atomic mass is 35.5. The normalized spacial score (nSPS) is 19.6. The predicted octanol–water partition coefficient (Wildman–Crippen LogP) is 2.35. The molecule has 0 bridgehead atoms. The van der Waals surface area contributed by atoms with Crippen molar-refractivity contribution < 1.29 is 14.6 Å². The zero-order valence-corrected chi connectivity index (χ0v) is 14.1. The van der Waals surface area contributed by atoms with Crippen LogP contribution in [0.1, 0.15) is 24.0 Å². The van der Waals surface area contributed by atoms with Crippen molar-refractivity contribution in [2.24, 2.45) is 5.92 Å². The predicted molar refractivity (Wildman–Crippen MR) is 90.4 cm³/mol. The highest BCUT2D eigenvalue weighted by Gasteiger charge is 2.35. The fraction of sp³-hybridized carbons (Fsp3) is 0.500. The highest BCUT2D eigenvalue weighted by Crippen LogP contribution is 2.33. The van der Waals surface area contributed by atoms with Crippen LogP contribution in [0, 0.1) is 25.2 Å². The molecular formula is C18H22ClNO3. The zero-order valence-electron chi connectivity index (χ0n) is 13.3. The van der Waals surface area contributed by atoms with Crippen molar-refractivity contribution in [1.29, 1.82) is 0 Å². The highest BCUT2D eigenvalue weighted by molar-refractivity contribution is 6.27. The van der Waals surface area contributed by atoms with E-state index in [1.54, 1.807) is 4.90 Å². The van der Waals surface area contributed by atoms with Crippen LogP contribution in [-0.4, -0.2) is 41.0 Å². The summed E-state index contributed by atoms with van der Waals surface area (Å²) in [5.41, 5.74) is 2.01. The molecule has 1 aromatic rings. The Balaban J connectivity index is 2.17. The van der Waals surface area contributed by atoms with Crippen molar-refractivity contribution in [3.63, 3.8) is 0 Å². The van der Waals surface area contributed by atoms with Gasteiger partial charge in [-0.05, 0) is 31.7 Å². The average Bonchev–Trinajstić information content (AvgIpc) is 2.51. The van der Waals surface area contributed by atoms with Crippen molar-refractivity contribution in [3.8, 4) is 18.1 Å². The lowest BCUT2D eigenvalue weighted by Crippen LogP contribution is -2.48. The molecule has 1 aliphatic rings. The maximum absolute atomic E-state index is 12.2. The topological polar surface area (TPSA) is 49.8 Å². The second kappa shape index (κ2) is 8.24. The Hall–Kier alpha value is -1.70. The minimum atomic E-state index is -0.0996. The van der Waals surface area contributed by atoms with E-state index in [1.807, 2.05) is 25.1 Å². The Morgan fingerprint density at radius 1 is 1.52 bits per heavy atom. The van der Waals surface area contributed by atoms with Crippen molar-refractivity contribution in [2.45, 2.75) is 32.4 Å². The van der Waals surface area contributed by atoms with Crippen LogP contribution in [-0.2, 0) is 11.3 Å². The molecule has 0 aliphatic heterocycles. The fourth-order valence-corrected chi connectivity index (χ4v) is 3.03. The van der Waals surface area contributed by atoms with Crippen molar-refractivity contribution >= 4 is 17.5 Å². The molecule has 0 heterocycles. The second-order valence-electron chi connectivity index (χ2n) is 5.93. The van der Waals surface area contributed by atoms with Gasteiger partial charge in [0.2, 0.25) is 5.91 Å². The van der Waals surface area contributed by atoms with Gasteiger partial charge >= 0.3 is 0 Å². The van der Waals surface area contributed by atoms with E-state index in [1.165, 1.54) is 0 Å². The molecule has 0 radical (unpaired) electrons. The number of amides is 1. The van der Waals surface area contributed by atoms with Crippen LogP contribution in [0.4, 0.5) is 0 Å². The largest absolute Gasteiger partial charge is 0.481 e. The first kappa shape index (κ1) is 17.7. The minimum Gasteiger partial charge on any atom is -0.481 e. The summed E-state index contributed by atoms with van der Waals surface area (Å²) in [7, 11) is 0. The van der Waals surface area contributed by atoms with Gasteiger partial charge in [0.25, 0.3) is 0 Å². The lowest BCUT2D eigenvalue weighted by Gasteiger charge is -2.42. The standard InChI is InChI=1S/C18H22ClNO3/c1-3-6-23-17-5-4-13(2)7-15(17)11-20(18(22)10-19)16-8-14(9-16)12-21/h1,4-5,7,14,16,21H,6,8-12H2,2H3. The van der Waals surface area contributed by atoms with Gasteiger partial charge < -0.3 is 14.7 Å². The van der Waals surface area contributed by atoms with Crippen molar-refractivity contribution in [1.82, 2.24) is 4.90 Å². The van der Waals surface area contributed by atoms with E-state index in [0.29, 0.717) is 12.3 Å². The van der Waals surface area contributed by atoms with E-state index in [0.717, 1.165) is 24.0 Å². The molecule has 2 rings (SSSR count). The number of carbonyl (C=O) groups is 1. The summed E-state index contributed by atoms with van der Waals surface area (Å²) in [6.07, 6.45) is 6.88. The number of nitrogens with zero attached hydrogens (tertiary/aromatic N) is 1. The van der Waals surface area contributed by atoms with E-state index in [-0.39, 0.29) is 37.0 Å². The van der Waals surface area contributed by atoms with Gasteiger partial charge in [-0.1, -0.05) is 23.6 Å². The Labute approximate surface area is 142 Å². The van der Waals surface area contributed by atoms with Crippen LogP contribution in [0.2, 0.25) is 0 Å². The van der Waals surface area contributed by atoms with Crippen molar-refractivity contribution in [2.75, 3.05) is 19.1 Å². The molecule has 1 amide bonds. The van der Waals surface area contributed by atoms with Crippen LogP contribution in [0.25, 0.3) is 0 Å². The van der Waals surface area contributed by atoms with E-state index in [9.17, 15) is 9.90 Å².